The molecule has 0 radical (unpaired) electrons. The van der Waals surface area contributed by atoms with Crippen molar-refractivity contribution in [3.63, 3.8) is 0 Å². The number of aryl methyl sites for hydroxylation is 1. The molecule has 8 nitrogen and oxygen atoms in total. The van der Waals surface area contributed by atoms with Crippen LogP contribution >= 0.6 is 27.5 Å². The standard InChI is InChI=1S/C21H20BrClN4O4/c1-3-4-19-26-16-6-5-13(22)8-15(16)21(29)27(19)25-10-12-7-14(23)9-17(30-2)20(12)31-11-18(24)28/h5-10H,3-4,11H2,1-2H3,(H2,24,28). The van der Waals surface area contributed by atoms with Gasteiger partial charge < -0.3 is 15.2 Å². The number of primary amides is 1. The molecule has 0 saturated carbocycles. The van der Waals surface area contributed by atoms with Gasteiger partial charge in [0.2, 0.25) is 0 Å². The van der Waals surface area contributed by atoms with Crippen molar-refractivity contribution >= 4 is 50.6 Å². The van der Waals surface area contributed by atoms with E-state index in [1.165, 1.54) is 18.0 Å². The molecule has 0 fully saturated rings. The third-order valence-corrected chi connectivity index (χ3v) is 5.00. The Morgan fingerprint density at radius 3 is 2.81 bits per heavy atom. The number of halogens is 2. The highest BCUT2D eigenvalue weighted by Crippen LogP contribution is 2.34. The van der Waals surface area contributed by atoms with E-state index >= 15 is 0 Å². The van der Waals surface area contributed by atoms with Gasteiger partial charge in [-0.3, -0.25) is 9.59 Å². The number of hydrogen-bond acceptors (Lipinski definition) is 6. The molecule has 0 aliphatic carbocycles. The zero-order chi connectivity index (χ0) is 22.5. The van der Waals surface area contributed by atoms with Gasteiger partial charge >= 0.3 is 0 Å². The highest BCUT2D eigenvalue weighted by Gasteiger charge is 2.14. The third kappa shape index (κ3) is 5.23. The molecule has 2 N–H and O–H groups in total. The molecule has 31 heavy (non-hydrogen) atoms. The SMILES string of the molecule is CCCc1nc2ccc(Br)cc2c(=O)n1N=Cc1cc(Cl)cc(OC)c1OCC(N)=O. The van der Waals surface area contributed by atoms with Gasteiger partial charge in [-0.2, -0.15) is 9.78 Å². The number of carbonyl (C=O) groups is 1. The first-order chi connectivity index (χ1) is 14.8. The van der Waals surface area contributed by atoms with Gasteiger partial charge in [-0.15, -0.1) is 0 Å². The average molecular weight is 508 g/mol. The maximum absolute atomic E-state index is 13.1. The number of nitrogens with zero attached hydrogens (tertiary/aromatic N) is 3. The molecule has 0 aliphatic rings. The lowest BCUT2D eigenvalue weighted by Crippen LogP contribution is -2.23. The predicted molar refractivity (Wildman–Crippen MR) is 123 cm³/mol. The molecule has 1 amide bonds. The van der Waals surface area contributed by atoms with Crippen molar-refractivity contribution in [1.29, 1.82) is 0 Å². The fourth-order valence-corrected chi connectivity index (χ4v) is 3.53. The number of nitrogens with two attached hydrogens (primary N) is 1. The molecule has 0 saturated heterocycles. The first kappa shape index (κ1) is 22.8. The van der Waals surface area contributed by atoms with Crippen LogP contribution in [-0.2, 0) is 11.2 Å². The molecule has 0 spiro atoms. The van der Waals surface area contributed by atoms with Crippen LogP contribution in [-0.4, -0.2) is 35.5 Å². The third-order valence-electron chi connectivity index (χ3n) is 4.29. The Bertz CT molecular complexity index is 1230. The van der Waals surface area contributed by atoms with Crippen LogP contribution in [0.2, 0.25) is 5.02 Å². The lowest BCUT2D eigenvalue weighted by Gasteiger charge is -2.13. The predicted octanol–water partition coefficient (Wildman–Crippen LogP) is 3.52. The first-order valence-corrected chi connectivity index (χ1v) is 10.5. The molecule has 3 rings (SSSR count). The Morgan fingerprint density at radius 1 is 1.35 bits per heavy atom. The van der Waals surface area contributed by atoms with E-state index in [0.717, 1.165) is 10.9 Å². The number of methoxy groups -OCH3 is 1. The fraction of sp³-hybridized carbons (Fsp3) is 0.238. The van der Waals surface area contributed by atoms with Crippen LogP contribution < -0.4 is 20.8 Å². The first-order valence-electron chi connectivity index (χ1n) is 9.38. The largest absolute Gasteiger partial charge is 0.493 e. The van der Waals surface area contributed by atoms with E-state index in [1.54, 1.807) is 24.3 Å². The molecule has 1 aromatic heterocycles. The summed E-state index contributed by atoms with van der Waals surface area (Å²) >= 11 is 9.56. The Morgan fingerprint density at radius 2 is 2.13 bits per heavy atom. The van der Waals surface area contributed by atoms with Crippen molar-refractivity contribution in [2.45, 2.75) is 19.8 Å². The van der Waals surface area contributed by atoms with Crippen molar-refractivity contribution in [3.8, 4) is 11.5 Å². The molecule has 0 atom stereocenters. The summed E-state index contributed by atoms with van der Waals surface area (Å²) < 4.78 is 12.8. The fourth-order valence-electron chi connectivity index (χ4n) is 2.95. The molecule has 0 bridgehead atoms. The van der Waals surface area contributed by atoms with Gasteiger partial charge in [0.05, 0.1) is 24.2 Å². The molecule has 0 unspecified atom stereocenters. The number of benzene rings is 2. The number of rotatable bonds is 8. The second kappa shape index (κ2) is 9.93. The minimum Gasteiger partial charge on any atom is -0.493 e. The Kier molecular flexibility index (Phi) is 7.29. The minimum absolute atomic E-state index is 0.232. The summed E-state index contributed by atoms with van der Waals surface area (Å²) in [6.07, 6.45) is 2.75. The lowest BCUT2D eigenvalue weighted by atomic mass is 10.2. The van der Waals surface area contributed by atoms with Gasteiger partial charge in [0.25, 0.3) is 11.5 Å². The molecule has 2 aromatic carbocycles. The van der Waals surface area contributed by atoms with E-state index in [1.807, 2.05) is 13.0 Å². The topological polar surface area (TPSA) is 109 Å². The molecule has 162 valence electrons. The highest BCUT2D eigenvalue weighted by atomic mass is 79.9. The Balaban J connectivity index is 2.15. The number of amides is 1. The van der Waals surface area contributed by atoms with E-state index in [2.05, 4.69) is 26.0 Å². The van der Waals surface area contributed by atoms with Crippen molar-refractivity contribution in [2.75, 3.05) is 13.7 Å². The maximum atomic E-state index is 13.1. The highest BCUT2D eigenvalue weighted by molar-refractivity contribution is 9.10. The Hall–Kier alpha value is -2.91. The van der Waals surface area contributed by atoms with Gasteiger partial charge in [-0.05, 0) is 30.7 Å². The summed E-state index contributed by atoms with van der Waals surface area (Å²) in [7, 11) is 1.44. The summed E-state index contributed by atoms with van der Waals surface area (Å²) in [6, 6.07) is 8.44. The molecule has 3 aromatic rings. The quantitative estimate of drug-likeness (QED) is 0.469. The van der Waals surface area contributed by atoms with Gasteiger partial charge in [0.15, 0.2) is 18.1 Å². The minimum atomic E-state index is -0.648. The molecular formula is C21H20BrClN4O4. The van der Waals surface area contributed by atoms with Gasteiger partial charge in [-0.25, -0.2) is 4.98 Å². The summed E-state index contributed by atoms with van der Waals surface area (Å²) in [5, 5.41) is 5.17. The maximum Gasteiger partial charge on any atom is 0.282 e. The van der Waals surface area contributed by atoms with Gasteiger partial charge in [-0.1, -0.05) is 34.5 Å². The van der Waals surface area contributed by atoms with E-state index in [4.69, 9.17) is 26.8 Å². The number of ether oxygens (including phenoxy) is 2. The summed E-state index contributed by atoms with van der Waals surface area (Å²) in [5.41, 5.74) is 5.89. The zero-order valence-electron chi connectivity index (χ0n) is 16.9. The molecule has 1 heterocycles. The lowest BCUT2D eigenvalue weighted by molar-refractivity contribution is -0.119. The van der Waals surface area contributed by atoms with Crippen molar-refractivity contribution in [1.82, 2.24) is 9.66 Å². The van der Waals surface area contributed by atoms with E-state index in [-0.39, 0.29) is 17.9 Å². The number of hydrogen-bond donors (Lipinski definition) is 1. The zero-order valence-corrected chi connectivity index (χ0v) is 19.2. The average Bonchev–Trinajstić information content (AvgIpc) is 2.73. The second-order valence-electron chi connectivity index (χ2n) is 6.58. The van der Waals surface area contributed by atoms with Crippen LogP contribution in [0, 0.1) is 0 Å². The number of fused-ring (bicyclic) bond motifs is 1. The van der Waals surface area contributed by atoms with Crippen molar-refractivity contribution in [2.24, 2.45) is 10.8 Å². The molecular weight excluding hydrogens is 488 g/mol. The van der Waals surface area contributed by atoms with Crippen LogP contribution in [0.25, 0.3) is 10.9 Å². The smallest absolute Gasteiger partial charge is 0.282 e. The van der Waals surface area contributed by atoms with Crippen LogP contribution in [0.5, 0.6) is 11.5 Å². The summed E-state index contributed by atoms with van der Waals surface area (Å²) in [5.74, 6) is 0.408. The van der Waals surface area contributed by atoms with Crippen LogP contribution in [0.4, 0.5) is 0 Å². The van der Waals surface area contributed by atoms with Crippen LogP contribution in [0.3, 0.4) is 0 Å². The van der Waals surface area contributed by atoms with E-state index in [0.29, 0.717) is 39.5 Å². The van der Waals surface area contributed by atoms with E-state index < -0.39 is 5.91 Å². The van der Waals surface area contributed by atoms with Crippen molar-refractivity contribution < 1.29 is 14.3 Å². The Labute approximate surface area is 191 Å². The summed E-state index contributed by atoms with van der Waals surface area (Å²) in [6.45, 7) is 1.63. The normalized spacial score (nSPS) is 11.2. The number of aromatic nitrogens is 2. The monoisotopic (exact) mass is 506 g/mol. The van der Waals surface area contributed by atoms with Gasteiger partial charge in [0, 0.05) is 27.5 Å². The van der Waals surface area contributed by atoms with E-state index in [9.17, 15) is 9.59 Å². The summed E-state index contributed by atoms with van der Waals surface area (Å²) in [4.78, 5) is 28.9. The van der Waals surface area contributed by atoms with Crippen molar-refractivity contribution in [3.05, 3.63) is 61.6 Å². The molecule has 10 heteroatoms. The van der Waals surface area contributed by atoms with Crippen LogP contribution in [0.1, 0.15) is 24.7 Å². The number of carbonyl (C=O) groups excluding carboxylic acids is 1. The molecule has 0 aliphatic heterocycles. The van der Waals surface area contributed by atoms with Gasteiger partial charge in [0.1, 0.15) is 5.82 Å². The van der Waals surface area contributed by atoms with Crippen LogP contribution in [0.15, 0.2) is 44.7 Å². The second-order valence-corrected chi connectivity index (χ2v) is 7.93.